The number of hydrogen-bond donors (Lipinski definition) is 1. The summed E-state index contributed by atoms with van der Waals surface area (Å²) in [6.45, 7) is 8.27. The molecule has 30 heavy (non-hydrogen) atoms. The van der Waals surface area contributed by atoms with Crippen LogP contribution in [0.15, 0.2) is 30.3 Å². The average Bonchev–Trinajstić information content (AvgIpc) is 3.26. The molecule has 0 spiro atoms. The van der Waals surface area contributed by atoms with Gasteiger partial charge in [-0.15, -0.1) is 0 Å². The molecule has 2 aliphatic heterocycles. The smallest absolute Gasteiger partial charge is 0.222 e. The molecule has 7 heteroatoms. The van der Waals surface area contributed by atoms with Crippen molar-refractivity contribution in [2.75, 3.05) is 41.7 Å². The van der Waals surface area contributed by atoms with Gasteiger partial charge in [-0.25, -0.2) is 4.98 Å². The lowest BCUT2D eigenvalue weighted by Crippen LogP contribution is -2.46. The van der Waals surface area contributed by atoms with Gasteiger partial charge in [0.15, 0.2) is 0 Å². The summed E-state index contributed by atoms with van der Waals surface area (Å²) >= 11 is 0. The Hall–Kier alpha value is -2.83. The van der Waals surface area contributed by atoms with Gasteiger partial charge in [-0.1, -0.05) is 12.1 Å². The maximum atomic E-state index is 12.5. The third kappa shape index (κ3) is 4.66. The number of aromatic nitrogens is 2. The molecule has 0 radical (unpaired) electrons. The second-order valence-electron chi connectivity index (χ2n) is 8.45. The third-order valence-electron chi connectivity index (χ3n) is 6.23. The van der Waals surface area contributed by atoms with Gasteiger partial charge in [-0.2, -0.15) is 4.98 Å². The van der Waals surface area contributed by atoms with Crippen LogP contribution in [0.5, 0.6) is 0 Å². The summed E-state index contributed by atoms with van der Waals surface area (Å²) in [5.74, 6) is 1.34. The van der Waals surface area contributed by atoms with E-state index in [1.165, 1.54) is 24.1 Å². The molecule has 7 nitrogen and oxygen atoms in total. The molecule has 2 saturated heterocycles. The number of carbonyl (C=O) groups excluding carboxylic acids is 1. The summed E-state index contributed by atoms with van der Waals surface area (Å²) < 4.78 is 0. The van der Waals surface area contributed by atoms with E-state index >= 15 is 0 Å². The van der Waals surface area contributed by atoms with Gasteiger partial charge in [0.25, 0.3) is 0 Å². The van der Waals surface area contributed by atoms with Crippen LogP contribution in [-0.4, -0.2) is 53.0 Å². The number of benzene rings is 1. The van der Waals surface area contributed by atoms with Gasteiger partial charge in [-0.05, 0) is 50.3 Å². The van der Waals surface area contributed by atoms with Crippen molar-refractivity contribution in [3.8, 4) is 0 Å². The van der Waals surface area contributed by atoms with Gasteiger partial charge in [0.05, 0.1) is 0 Å². The van der Waals surface area contributed by atoms with Crippen molar-refractivity contribution in [1.29, 1.82) is 0 Å². The van der Waals surface area contributed by atoms with E-state index in [-0.39, 0.29) is 11.9 Å². The minimum atomic E-state index is 0.141. The highest BCUT2D eigenvalue weighted by Crippen LogP contribution is 2.26. The minimum absolute atomic E-state index is 0.141. The lowest BCUT2D eigenvalue weighted by molar-refractivity contribution is -0.132. The molecule has 2 aliphatic rings. The normalized spacial score (nSPS) is 17.4. The lowest BCUT2D eigenvalue weighted by atomic mass is 10.0. The number of carbonyl (C=O) groups is 1. The van der Waals surface area contributed by atoms with E-state index in [1.54, 1.807) is 6.92 Å². The fourth-order valence-electron chi connectivity index (χ4n) is 4.66. The Kier molecular flexibility index (Phi) is 6.06. The monoisotopic (exact) mass is 408 g/mol. The SMILES string of the molecule is CC(=O)N(Cc1cccc(N2CCCC2)c1)C1CCN(c2cc(C)nc(N)n2)CC1. The molecule has 0 unspecified atom stereocenters. The first-order chi connectivity index (χ1) is 14.5. The van der Waals surface area contributed by atoms with Crippen molar-refractivity contribution in [3.63, 3.8) is 0 Å². The van der Waals surface area contributed by atoms with Gasteiger partial charge in [0.1, 0.15) is 5.82 Å². The zero-order valence-corrected chi connectivity index (χ0v) is 18.0. The van der Waals surface area contributed by atoms with Crippen molar-refractivity contribution in [1.82, 2.24) is 14.9 Å². The van der Waals surface area contributed by atoms with Crippen LogP contribution in [0.3, 0.4) is 0 Å². The molecular weight excluding hydrogens is 376 g/mol. The van der Waals surface area contributed by atoms with E-state index in [9.17, 15) is 4.79 Å². The van der Waals surface area contributed by atoms with Crippen LogP contribution in [0.4, 0.5) is 17.5 Å². The summed E-state index contributed by atoms with van der Waals surface area (Å²) in [6, 6.07) is 10.9. The van der Waals surface area contributed by atoms with E-state index in [0.717, 1.165) is 50.5 Å². The zero-order valence-electron chi connectivity index (χ0n) is 18.0. The van der Waals surface area contributed by atoms with Gasteiger partial charge < -0.3 is 20.4 Å². The van der Waals surface area contributed by atoms with E-state index in [1.807, 2.05) is 17.9 Å². The van der Waals surface area contributed by atoms with Crippen molar-refractivity contribution >= 4 is 23.4 Å². The molecule has 3 heterocycles. The highest BCUT2D eigenvalue weighted by Gasteiger charge is 2.27. The lowest BCUT2D eigenvalue weighted by Gasteiger charge is -2.39. The molecule has 0 bridgehead atoms. The third-order valence-corrected chi connectivity index (χ3v) is 6.23. The Balaban J connectivity index is 1.42. The summed E-state index contributed by atoms with van der Waals surface area (Å²) in [7, 11) is 0. The maximum absolute atomic E-state index is 12.5. The number of aryl methyl sites for hydroxylation is 1. The Morgan fingerprint density at radius 3 is 2.50 bits per heavy atom. The summed E-state index contributed by atoms with van der Waals surface area (Å²) in [5, 5.41) is 0. The number of piperidine rings is 1. The van der Waals surface area contributed by atoms with E-state index in [2.05, 4.69) is 44.0 Å². The van der Waals surface area contributed by atoms with Crippen molar-refractivity contribution in [2.24, 2.45) is 0 Å². The summed E-state index contributed by atoms with van der Waals surface area (Å²) in [6.07, 6.45) is 4.38. The first kappa shape index (κ1) is 20.4. The standard InChI is InChI=1S/C23H32N6O/c1-17-14-22(26-23(24)25-17)28-12-8-20(9-13-28)29(18(2)30)16-19-6-5-7-21(15-19)27-10-3-4-11-27/h5-7,14-15,20H,3-4,8-13,16H2,1-2H3,(H2,24,25,26). The van der Waals surface area contributed by atoms with Crippen LogP contribution in [0.1, 0.15) is 43.9 Å². The maximum Gasteiger partial charge on any atom is 0.222 e. The molecule has 0 saturated carbocycles. The average molecular weight is 409 g/mol. The summed E-state index contributed by atoms with van der Waals surface area (Å²) in [5.41, 5.74) is 9.18. The van der Waals surface area contributed by atoms with Gasteiger partial charge in [0.2, 0.25) is 11.9 Å². The molecule has 2 aromatic rings. The molecule has 2 fully saturated rings. The highest BCUT2D eigenvalue weighted by molar-refractivity contribution is 5.73. The molecule has 1 amide bonds. The fourth-order valence-corrected chi connectivity index (χ4v) is 4.66. The van der Waals surface area contributed by atoms with Crippen molar-refractivity contribution in [3.05, 3.63) is 41.6 Å². The number of anilines is 3. The van der Waals surface area contributed by atoms with Crippen LogP contribution < -0.4 is 15.5 Å². The quantitative estimate of drug-likeness (QED) is 0.819. The molecule has 1 aromatic carbocycles. The highest BCUT2D eigenvalue weighted by atomic mass is 16.2. The van der Waals surface area contributed by atoms with E-state index < -0.39 is 0 Å². The van der Waals surface area contributed by atoms with Crippen LogP contribution >= 0.6 is 0 Å². The number of amides is 1. The van der Waals surface area contributed by atoms with Crippen molar-refractivity contribution in [2.45, 2.75) is 52.1 Å². The van der Waals surface area contributed by atoms with E-state index in [0.29, 0.717) is 12.5 Å². The Labute approximate surface area is 178 Å². The molecule has 0 aliphatic carbocycles. The zero-order chi connectivity index (χ0) is 21.1. The number of nitrogens with zero attached hydrogens (tertiary/aromatic N) is 5. The number of nitrogen functional groups attached to an aromatic ring is 1. The van der Waals surface area contributed by atoms with E-state index in [4.69, 9.17) is 5.73 Å². The number of rotatable bonds is 5. The summed E-state index contributed by atoms with van der Waals surface area (Å²) in [4.78, 5) is 27.8. The second kappa shape index (κ2) is 8.90. The van der Waals surface area contributed by atoms with Crippen molar-refractivity contribution < 1.29 is 4.79 Å². The predicted molar refractivity (Wildman–Crippen MR) is 121 cm³/mol. The molecule has 1 aromatic heterocycles. The molecule has 4 rings (SSSR count). The van der Waals surface area contributed by atoms with Crippen LogP contribution in [0.25, 0.3) is 0 Å². The van der Waals surface area contributed by atoms with Gasteiger partial charge in [-0.3, -0.25) is 4.79 Å². The van der Waals surface area contributed by atoms with Crippen LogP contribution in [0.2, 0.25) is 0 Å². The second-order valence-corrected chi connectivity index (χ2v) is 8.45. The fraction of sp³-hybridized carbons (Fsp3) is 0.522. The van der Waals surface area contributed by atoms with Crippen LogP contribution in [0, 0.1) is 6.92 Å². The number of nitrogens with two attached hydrogens (primary N) is 1. The molecular formula is C23H32N6O. The van der Waals surface area contributed by atoms with Crippen LogP contribution in [-0.2, 0) is 11.3 Å². The largest absolute Gasteiger partial charge is 0.372 e. The number of hydrogen-bond acceptors (Lipinski definition) is 6. The van der Waals surface area contributed by atoms with Gasteiger partial charge >= 0.3 is 0 Å². The Morgan fingerprint density at radius 2 is 1.83 bits per heavy atom. The first-order valence-corrected chi connectivity index (χ1v) is 11.0. The molecule has 2 N–H and O–H groups in total. The van der Waals surface area contributed by atoms with Gasteiger partial charge in [0, 0.05) is 63.1 Å². The predicted octanol–water partition coefficient (Wildman–Crippen LogP) is 2.98. The Morgan fingerprint density at radius 1 is 1.10 bits per heavy atom. The molecule has 160 valence electrons. The Bertz CT molecular complexity index is 867. The molecule has 0 atom stereocenters. The topological polar surface area (TPSA) is 78.6 Å². The minimum Gasteiger partial charge on any atom is -0.372 e. The first-order valence-electron chi connectivity index (χ1n) is 11.0.